The lowest BCUT2D eigenvalue weighted by atomic mass is 10.2. The van der Waals surface area contributed by atoms with Crippen LogP contribution in [0.2, 0.25) is 0 Å². The van der Waals surface area contributed by atoms with E-state index in [0.717, 1.165) is 11.2 Å². The second kappa shape index (κ2) is 7.43. The first-order valence-electron chi connectivity index (χ1n) is 7.91. The molecule has 0 spiro atoms. The van der Waals surface area contributed by atoms with Gasteiger partial charge in [0.2, 0.25) is 0 Å². The minimum atomic E-state index is 0.330. The number of nitrogens with two attached hydrogens (primary N) is 2. The van der Waals surface area contributed by atoms with Crippen molar-refractivity contribution in [3.05, 3.63) is 54.4 Å². The maximum Gasteiger partial charge on any atom is 0.169 e. The fourth-order valence-corrected chi connectivity index (χ4v) is 2.31. The predicted molar refractivity (Wildman–Crippen MR) is 100 cm³/mol. The number of hydrogen-bond acceptors (Lipinski definition) is 7. The summed E-state index contributed by atoms with van der Waals surface area (Å²) in [6.45, 7) is 3.17. The van der Waals surface area contributed by atoms with Crippen LogP contribution in [-0.4, -0.2) is 32.1 Å². The lowest BCUT2D eigenvalue weighted by Gasteiger charge is -2.10. The van der Waals surface area contributed by atoms with Crippen molar-refractivity contribution in [3.63, 3.8) is 0 Å². The number of aromatic nitrogens is 4. The molecule has 128 valence electrons. The standard InChI is InChI=1S/C17H20N8/c1-2-20-9-13(7-18)14-10-22-16(19)17(24-14)23-8-12-3-4-15-21-5-6-25(15)11-12/h3-7,9-11H,2,8,18H2,1H3,(H2,19,22)(H,23,24). The average Bonchev–Trinajstić information content (AvgIpc) is 3.10. The van der Waals surface area contributed by atoms with Gasteiger partial charge >= 0.3 is 0 Å². The highest BCUT2D eigenvalue weighted by molar-refractivity contribution is 6.08. The minimum absolute atomic E-state index is 0.330. The van der Waals surface area contributed by atoms with Crippen molar-refractivity contribution >= 4 is 29.1 Å². The minimum Gasteiger partial charge on any atom is -0.404 e. The van der Waals surface area contributed by atoms with E-state index in [1.165, 1.54) is 6.20 Å². The summed E-state index contributed by atoms with van der Waals surface area (Å²) in [6.07, 6.45) is 10.4. The molecule has 0 unspecified atom stereocenters. The van der Waals surface area contributed by atoms with Crippen LogP contribution in [0.4, 0.5) is 11.6 Å². The molecular formula is C17H20N8. The number of hydrogen-bond donors (Lipinski definition) is 3. The molecule has 0 aromatic carbocycles. The highest BCUT2D eigenvalue weighted by atomic mass is 15.1. The van der Waals surface area contributed by atoms with E-state index >= 15 is 0 Å². The van der Waals surface area contributed by atoms with Crippen LogP contribution < -0.4 is 16.8 Å². The number of rotatable bonds is 6. The smallest absolute Gasteiger partial charge is 0.169 e. The Kier molecular flexibility index (Phi) is 4.89. The third-order valence-corrected chi connectivity index (χ3v) is 3.60. The topological polar surface area (TPSA) is 120 Å². The fourth-order valence-electron chi connectivity index (χ4n) is 2.31. The molecule has 0 bridgehead atoms. The van der Waals surface area contributed by atoms with Crippen LogP contribution in [-0.2, 0) is 6.54 Å². The van der Waals surface area contributed by atoms with Gasteiger partial charge in [-0.25, -0.2) is 15.0 Å². The van der Waals surface area contributed by atoms with Gasteiger partial charge in [-0.3, -0.25) is 4.99 Å². The average molecular weight is 336 g/mol. The van der Waals surface area contributed by atoms with E-state index in [0.29, 0.717) is 36.0 Å². The molecule has 0 radical (unpaired) electrons. The van der Waals surface area contributed by atoms with Crippen LogP contribution in [0.15, 0.2) is 48.1 Å². The summed E-state index contributed by atoms with van der Waals surface area (Å²) in [5, 5.41) is 3.22. The number of fused-ring (bicyclic) bond motifs is 1. The van der Waals surface area contributed by atoms with Gasteiger partial charge in [-0.1, -0.05) is 6.07 Å². The molecule has 0 aliphatic carbocycles. The number of anilines is 2. The first-order chi connectivity index (χ1) is 12.2. The van der Waals surface area contributed by atoms with Gasteiger partial charge in [0, 0.05) is 49.7 Å². The molecule has 0 fully saturated rings. The number of nitrogen functional groups attached to an aromatic ring is 1. The maximum absolute atomic E-state index is 5.93. The summed E-state index contributed by atoms with van der Waals surface area (Å²) in [7, 11) is 0. The van der Waals surface area contributed by atoms with E-state index in [4.69, 9.17) is 11.5 Å². The Morgan fingerprint density at radius 2 is 2.24 bits per heavy atom. The van der Waals surface area contributed by atoms with Gasteiger partial charge in [-0.2, -0.15) is 0 Å². The predicted octanol–water partition coefficient (Wildman–Crippen LogP) is 1.71. The summed E-state index contributed by atoms with van der Waals surface area (Å²) in [6, 6.07) is 3.96. The molecule has 25 heavy (non-hydrogen) atoms. The van der Waals surface area contributed by atoms with Crippen LogP contribution in [0.5, 0.6) is 0 Å². The van der Waals surface area contributed by atoms with Crippen LogP contribution in [0.3, 0.4) is 0 Å². The Labute approximate surface area is 145 Å². The summed E-state index contributed by atoms with van der Waals surface area (Å²) in [5.74, 6) is 0.837. The Bertz CT molecular complexity index is 925. The number of imidazole rings is 1. The SMILES string of the molecule is CCN=CC(=CN)c1cnc(N)c(NCc2ccc3nccn3c2)n1. The van der Waals surface area contributed by atoms with E-state index in [2.05, 4.69) is 25.3 Å². The van der Waals surface area contributed by atoms with Crippen LogP contribution in [0, 0.1) is 0 Å². The molecule has 0 amide bonds. The van der Waals surface area contributed by atoms with E-state index in [1.807, 2.05) is 35.9 Å². The largest absolute Gasteiger partial charge is 0.404 e. The van der Waals surface area contributed by atoms with Crippen molar-refractivity contribution in [1.82, 2.24) is 19.4 Å². The molecule has 0 aliphatic rings. The maximum atomic E-state index is 5.93. The molecule has 0 atom stereocenters. The summed E-state index contributed by atoms with van der Waals surface area (Å²) in [5.41, 5.74) is 14.9. The molecule has 8 nitrogen and oxygen atoms in total. The molecule has 0 saturated heterocycles. The number of nitrogens with zero attached hydrogens (tertiary/aromatic N) is 5. The first kappa shape index (κ1) is 16.4. The van der Waals surface area contributed by atoms with E-state index in [9.17, 15) is 0 Å². The molecule has 0 saturated carbocycles. The van der Waals surface area contributed by atoms with E-state index in [-0.39, 0.29) is 0 Å². The summed E-state index contributed by atoms with van der Waals surface area (Å²) >= 11 is 0. The molecule has 3 rings (SSSR count). The molecular weight excluding hydrogens is 316 g/mol. The molecule has 0 aliphatic heterocycles. The Balaban J connectivity index is 1.79. The van der Waals surface area contributed by atoms with Crippen molar-refractivity contribution < 1.29 is 0 Å². The van der Waals surface area contributed by atoms with Gasteiger partial charge in [0.05, 0.1) is 11.9 Å². The van der Waals surface area contributed by atoms with Crippen molar-refractivity contribution in [2.24, 2.45) is 10.7 Å². The molecule has 8 heteroatoms. The zero-order valence-corrected chi connectivity index (χ0v) is 13.9. The van der Waals surface area contributed by atoms with Gasteiger partial charge < -0.3 is 21.2 Å². The normalized spacial score (nSPS) is 12.1. The summed E-state index contributed by atoms with van der Waals surface area (Å²) in [4.78, 5) is 17.1. The van der Waals surface area contributed by atoms with Crippen molar-refractivity contribution in [3.8, 4) is 0 Å². The lowest BCUT2D eigenvalue weighted by Crippen LogP contribution is -2.08. The first-order valence-corrected chi connectivity index (χ1v) is 7.91. The van der Waals surface area contributed by atoms with Crippen LogP contribution >= 0.6 is 0 Å². The van der Waals surface area contributed by atoms with Gasteiger partial charge in [-0.05, 0) is 18.6 Å². The van der Waals surface area contributed by atoms with Gasteiger partial charge in [0.25, 0.3) is 0 Å². The third-order valence-electron chi connectivity index (χ3n) is 3.60. The number of pyridine rings is 1. The Morgan fingerprint density at radius 3 is 3.04 bits per heavy atom. The van der Waals surface area contributed by atoms with E-state index < -0.39 is 0 Å². The number of allylic oxidation sites excluding steroid dienone is 1. The van der Waals surface area contributed by atoms with Gasteiger partial charge in [-0.15, -0.1) is 0 Å². The van der Waals surface area contributed by atoms with E-state index in [1.54, 1.807) is 18.6 Å². The summed E-state index contributed by atoms with van der Waals surface area (Å²) < 4.78 is 1.96. The molecule has 3 aromatic rings. The van der Waals surface area contributed by atoms with Crippen molar-refractivity contribution in [2.45, 2.75) is 13.5 Å². The zero-order valence-electron chi connectivity index (χ0n) is 13.9. The molecule has 3 heterocycles. The van der Waals surface area contributed by atoms with Crippen LogP contribution in [0.25, 0.3) is 11.2 Å². The molecule has 3 aromatic heterocycles. The van der Waals surface area contributed by atoms with Gasteiger partial charge in [0.1, 0.15) is 5.65 Å². The monoisotopic (exact) mass is 336 g/mol. The second-order valence-corrected chi connectivity index (χ2v) is 5.32. The van der Waals surface area contributed by atoms with Crippen LogP contribution in [0.1, 0.15) is 18.2 Å². The highest BCUT2D eigenvalue weighted by Crippen LogP contribution is 2.17. The third kappa shape index (κ3) is 3.74. The fraction of sp³-hybridized carbons (Fsp3) is 0.176. The number of nitrogens with one attached hydrogen (secondary N) is 1. The quantitative estimate of drug-likeness (QED) is 0.589. The highest BCUT2D eigenvalue weighted by Gasteiger charge is 2.08. The zero-order chi connectivity index (χ0) is 17.6. The van der Waals surface area contributed by atoms with Gasteiger partial charge in [0.15, 0.2) is 11.6 Å². The number of aliphatic imine (C=N–C) groups is 1. The van der Waals surface area contributed by atoms with Crippen molar-refractivity contribution in [2.75, 3.05) is 17.6 Å². The molecule has 5 N–H and O–H groups in total. The Hall–Kier alpha value is -3.42. The van der Waals surface area contributed by atoms with Crippen molar-refractivity contribution in [1.29, 1.82) is 0 Å². The second-order valence-electron chi connectivity index (χ2n) is 5.32. The Morgan fingerprint density at radius 1 is 1.36 bits per heavy atom. The lowest BCUT2D eigenvalue weighted by molar-refractivity contribution is 1.05.